The summed E-state index contributed by atoms with van der Waals surface area (Å²) >= 11 is 0. The van der Waals surface area contributed by atoms with Gasteiger partial charge >= 0.3 is 0 Å². The van der Waals surface area contributed by atoms with Crippen LogP contribution in [0.2, 0.25) is 0 Å². The first-order valence-corrected chi connectivity index (χ1v) is 9.46. The third-order valence-electron chi connectivity index (χ3n) is 4.97. The normalized spacial score (nSPS) is 12.2. The van der Waals surface area contributed by atoms with Crippen LogP contribution in [-0.4, -0.2) is 0 Å². The molecule has 0 unspecified atom stereocenters. The van der Waals surface area contributed by atoms with Crippen LogP contribution in [0, 0.1) is 0 Å². The molecule has 0 heteroatoms. The summed E-state index contributed by atoms with van der Waals surface area (Å²) in [4.78, 5) is 0. The zero-order valence-corrected chi connectivity index (χ0v) is 16.9. The third-order valence-corrected chi connectivity index (χ3v) is 4.97. The quantitative estimate of drug-likeness (QED) is 0.449. The fraction of sp³-hybridized carbons (Fsp3) is 0.308. The molecule has 0 aromatic heterocycles. The molecule has 0 radical (unpaired) electrons. The Hall–Kier alpha value is -2.34. The largest absolute Gasteiger partial charge is 0.0622 e. The number of hydrogen-bond donors (Lipinski definition) is 0. The van der Waals surface area contributed by atoms with Crippen LogP contribution >= 0.6 is 0 Å². The van der Waals surface area contributed by atoms with E-state index in [4.69, 9.17) is 0 Å². The van der Waals surface area contributed by atoms with E-state index >= 15 is 0 Å². The Bertz CT molecular complexity index is 887. The number of benzene rings is 3. The van der Waals surface area contributed by atoms with Gasteiger partial charge in [0.2, 0.25) is 0 Å². The van der Waals surface area contributed by atoms with Gasteiger partial charge in [-0.3, -0.25) is 0 Å². The summed E-state index contributed by atoms with van der Waals surface area (Å²) in [5.41, 5.74) is 8.15. The zero-order chi connectivity index (χ0) is 18.9. The summed E-state index contributed by atoms with van der Waals surface area (Å²) in [6, 6.07) is 26.7. The highest BCUT2D eigenvalue weighted by atomic mass is 14.2. The molecule has 0 bridgehead atoms. The predicted octanol–water partition coefficient (Wildman–Crippen LogP) is 7.62. The van der Waals surface area contributed by atoms with E-state index in [1.54, 1.807) is 0 Å². The van der Waals surface area contributed by atoms with Crippen molar-refractivity contribution in [3.63, 3.8) is 0 Å². The van der Waals surface area contributed by atoms with Gasteiger partial charge in [0.15, 0.2) is 0 Å². The first-order valence-electron chi connectivity index (χ1n) is 9.46. The minimum absolute atomic E-state index is 0.112. The van der Waals surface area contributed by atoms with Gasteiger partial charge < -0.3 is 0 Å². The molecule has 26 heavy (non-hydrogen) atoms. The average molecular weight is 343 g/mol. The average Bonchev–Trinajstić information content (AvgIpc) is 2.61. The lowest BCUT2D eigenvalue weighted by Gasteiger charge is -2.23. The van der Waals surface area contributed by atoms with Crippen LogP contribution < -0.4 is 0 Å². The number of hydrogen-bond acceptors (Lipinski definition) is 0. The van der Waals surface area contributed by atoms with E-state index < -0.39 is 0 Å². The topological polar surface area (TPSA) is 0 Å². The third kappa shape index (κ3) is 4.07. The van der Waals surface area contributed by atoms with Crippen molar-refractivity contribution in [1.29, 1.82) is 0 Å². The van der Waals surface area contributed by atoms with Crippen molar-refractivity contribution in [2.24, 2.45) is 0 Å². The molecule has 0 saturated carbocycles. The van der Waals surface area contributed by atoms with Crippen molar-refractivity contribution >= 4 is 0 Å². The van der Waals surface area contributed by atoms with Crippen LogP contribution in [0.15, 0.2) is 72.8 Å². The van der Waals surface area contributed by atoms with E-state index in [1.807, 2.05) is 0 Å². The lowest BCUT2D eigenvalue weighted by molar-refractivity contribution is 0.589. The summed E-state index contributed by atoms with van der Waals surface area (Å²) < 4.78 is 0. The van der Waals surface area contributed by atoms with Crippen molar-refractivity contribution in [2.45, 2.75) is 52.4 Å². The maximum absolute atomic E-state index is 2.36. The van der Waals surface area contributed by atoms with Crippen LogP contribution in [0.25, 0.3) is 22.3 Å². The standard InChI is InChI=1S/C26H30/c1-25(2,3)23-14-10-13-20(16-23)22-15-21(19-11-8-7-9-12-19)17-24(18-22)26(4,5)6/h7-18H,1-6H3. The van der Waals surface area contributed by atoms with E-state index in [2.05, 4.69) is 114 Å². The Kier molecular flexibility index (Phi) is 4.80. The van der Waals surface area contributed by atoms with E-state index in [0.717, 1.165) is 0 Å². The van der Waals surface area contributed by atoms with Crippen molar-refractivity contribution in [1.82, 2.24) is 0 Å². The molecule has 0 atom stereocenters. The van der Waals surface area contributed by atoms with Gasteiger partial charge in [0.05, 0.1) is 0 Å². The van der Waals surface area contributed by atoms with Gasteiger partial charge in [0, 0.05) is 0 Å². The first kappa shape index (κ1) is 18.5. The Labute approximate surface area is 158 Å². The second-order valence-electron chi connectivity index (χ2n) is 9.25. The molecule has 3 rings (SSSR count). The van der Waals surface area contributed by atoms with Crippen LogP contribution in [0.3, 0.4) is 0 Å². The van der Waals surface area contributed by atoms with Gasteiger partial charge in [-0.1, -0.05) is 108 Å². The Balaban J connectivity index is 2.19. The molecule has 0 spiro atoms. The molecule has 0 aliphatic rings. The minimum Gasteiger partial charge on any atom is -0.0622 e. The minimum atomic E-state index is 0.112. The SMILES string of the molecule is CC(C)(C)c1cccc(-c2cc(-c3ccccc3)cc(C(C)(C)C)c2)c1. The summed E-state index contributed by atoms with van der Waals surface area (Å²) in [6.07, 6.45) is 0. The molecule has 0 fully saturated rings. The lowest BCUT2D eigenvalue weighted by Crippen LogP contribution is -2.12. The molecular weight excluding hydrogens is 312 g/mol. The molecule has 0 nitrogen and oxygen atoms in total. The maximum atomic E-state index is 2.36. The Morgan fingerprint density at radius 3 is 1.50 bits per heavy atom. The molecule has 0 heterocycles. The van der Waals surface area contributed by atoms with Gasteiger partial charge in [0.25, 0.3) is 0 Å². The van der Waals surface area contributed by atoms with Gasteiger partial charge in [-0.15, -0.1) is 0 Å². The molecule has 3 aromatic carbocycles. The van der Waals surface area contributed by atoms with Crippen molar-refractivity contribution < 1.29 is 0 Å². The zero-order valence-electron chi connectivity index (χ0n) is 16.9. The highest BCUT2D eigenvalue weighted by Crippen LogP contribution is 2.34. The summed E-state index contributed by atoms with van der Waals surface area (Å²) in [6.45, 7) is 13.7. The van der Waals surface area contributed by atoms with Gasteiger partial charge in [-0.25, -0.2) is 0 Å². The van der Waals surface area contributed by atoms with Crippen LogP contribution in [-0.2, 0) is 10.8 Å². The first-order chi connectivity index (χ1) is 12.1. The fourth-order valence-electron chi connectivity index (χ4n) is 3.19. The van der Waals surface area contributed by atoms with Crippen molar-refractivity contribution in [3.05, 3.63) is 83.9 Å². The van der Waals surface area contributed by atoms with Crippen LogP contribution in [0.5, 0.6) is 0 Å². The monoisotopic (exact) mass is 342 g/mol. The Morgan fingerprint density at radius 1 is 0.423 bits per heavy atom. The summed E-state index contributed by atoms with van der Waals surface area (Å²) in [7, 11) is 0. The molecule has 0 aliphatic heterocycles. The molecule has 3 aromatic rings. The predicted molar refractivity (Wildman–Crippen MR) is 115 cm³/mol. The van der Waals surface area contributed by atoms with Crippen LogP contribution in [0.4, 0.5) is 0 Å². The molecular formula is C26H30. The maximum Gasteiger partial charge on any atom is -0.0131 e. The molecule has 0 aliphatic carbocycles. The lowest BCUT2D eigenvalue weighted by atomic mass is 9.82. The van der Waals surface area contributed by atoms with E-state index in [1.165, 1.54) is 33.4 Å². The summed E-state index contributed by atoms with van der Waals surface area (Å²) in [5.74, 6) is 0. The fourth-order valence-corrected chi connectivity index (χ4v) is 3.19. The van der Waals surface area contributed by atoms with Crippen molar-refractivity contribution in [3.8, 4) is 22.3 Å². The van der Waals surface area contributed by atoms with E-state index in [0.29, 0.717) is 0 Å². The van der Waals surface area contributed by atoms with Crippen molar-refractivity contribution in [2.75, 3.05) is 0 Å². The summed E-state index contributed by atoms with van der Waals surface area (Å²) in [5, 5.41) is 0. The van der Waals surface area contributed by atoms with Crippen LogP contribution in [0.1, 0.15) is 52.7 Å². The molecule has 0 amide bonds. The van der Waals surface area contributed by atoms with E-state index in [9.17, 15) is 0 Å². The highest BCUT2D eigenvalue weighted by Gasteiger charge is 2.18. The number of rotatable bonds is 2. The highest BCUT2D eigenvalue weighted by molar-refractivity contribution is 5.75. The second kappa shape index (κ2) is 6.76. The smallest absolute Gasteiger partial charge is 0.0131 e. The molecule has 0 N–H and O–H groups in total. The molecule has 0 saturated heterocycles. The van der Waals surface area contributed by atoms with E-state index in [-0.39, 0.29) is 10.8 Å². The second-order valence-corrected chi connectivity index (χ2v) is 9.25. The van der Waals surface area contributed by atoms with Gasteiger partial charge in [0.1, 0.15) is 0 Å². The Morgan fingerprint density at radius 2 is 0.923 bits per heavy atom. The van der Waals surface area contributed by atoms with Gasteiger partial charge in [-0.05, 0) is 50.3 Å². The van der Waals surface area contributed by atoms with Gasteiger partial charge in [-0.2, -0.15) is 0 Å². The molecule has 134 valence electrons.